The van der Waals surface area contributed by atoms with E-state index in [9.17, 15) is 18.0 Å². The highest BCUT2D eigenvalue weighted by Gasteiger charge is 2.44. The van der Waals surface area contributed by atoms with Crippen molar-refractivity contribution in [3.8, 4) is 0 Å². The summed E-state index contributed by atoms with van der Waals surface area (Å²) in [4.78, 5) is 23.1. The smallest absolute Gasteiger partial charge is 0.303 e. The molecular formula is C21H31NO8S. The van der Waals surface area contributed by atoms with E-state index in [1.165, 1.54) is 26.0 Å². The van der Waals surface area contributed by atoms with Gasteiger partial charge in [0.25, 0.3) is 0 Å². The Morgan fingerprint density at radius 2 is 1.84 bits per heavy atom. The minimum Gasteiger partial charge on any atom is -0.463 e. The Morgan fingerprint density at radius 1 is 1.16 bits per heavy atom. The van der Waals surface area contributed by atoms with Crippen LogP contribution in [0.2, 0.25) is 0 Å². The first-order valence-electron chi connectivity index (χ1n) is 10.3. The molecule has 1 aromatic carbocycles. The van der Waals surface area contributed by atoms with Crippen molar-refractivity contribution in [3.63, 3.8) is 0 Å². The van der Waals surface area contributed by atoms with Gasteiger partial charge in [0.1, 0.15) is 18.8 Å². The number of nitrogens with one attached hydrogen (secondary N) is 1. The molecule has 0 saturated carbocycles. The van der Waals surface area contributed by atoms with Gasteiger partial charge in [0.15, 0.2) is 6.29 Å². The lowest BCUT2D eigenvalue weighted by molar-refractivity contribution is -0.243. The molecule has 174 valence electrons. The predicted octanol–water partition coefficient (Wildman–Crippen LogP) is 2.07. The summed E-state index contributed by atoms with van der Waals surface area (Å²) in [6, 6.07) is 5.56. The molecular weight excluding hydrogens is 426 g/mol. The van der Waals surface area contributed by atoms with Gasteiger partial charge in [-0.3, -0.25) is 9.59 Å². The van der Waals surface area contributed by atoms with E-state index >= 15 is 0 Å². The number of carbonyl (C=O) groups excluding carboxylic acids is 2. The number of carbonyl (C=O) groups is 2. The van der Waals surface area contributed by atoms with E-state index in [4.69, 9.17) is 18.9 Å². The highest BCUT2D eigenvalue weighted by atomic mass is 32.2. The average Bonchev–Trinajstić information content (AvgIpc) is 2.68. The van der Waals surface area contributed by atoms with Gasteiger partial charge < -0.3 is 18.9 Å². The number of rotatable bonds is 10. The highest BCUT2D eigenvalue weighted by Crippen LogP contribution is 2.26. The van der Waals surface area contributed by atoms with Gasteiger partial charge in [-0.05, 0) is 25.5 Å². The zero-order valence-corrected chi connectivity index (χ0v) is 19.1. The van der Waals surface area contributed by atoms with Crippen molar-refractivity contribution in [3.05, 3.63) is 29.8 Å². The van der Waals surface area contributed by atoms with Gasteiger partial charge in [0.2, 0.25) is 10.0 Å². The minimum atomic E-state index is -3.91. The van der Waals surface area contributed by atoms with Gasteiger partial charge in [-0.2, -0.15) is 0 Å². The summed E-state index contributed by atoms with van der Waals surface area (Å²) in [6.45, 7) is 6.57. The normalized spacial score (nSPS) is 23.9. The fourth-order valence-electron chi connectivity index (χ4n) is 3.18. The zero-order chi connectivity index (χ0) is 23.0. The van der Waals surface area contributed by atoms with Crippen LogP contribution in [0.1, 0.15) is 45.6 Å². The number of sulfonamides is 1. The van der Waals surface area contributed by atoms with E-state index in [1.807, 2.05) is 13.8 Å². The summed E-state index contributed by atoms with van der Waals surface area (Å²) in [5.41, 5.74) is 0.925. The molecule has 1 saturated heterocycles. The molecule has 1 aromatic rings. The van der Waals surface area contributed by atoms with E-state index in [-0.39, 0.29) is 17.9 Å². The maximum Gasteiger partial charge on any atom is 0.303 e. The Kier molecular flexibility index (Phi) is 9.42. The first kappa shape index (κ1) is 25.3. The maximum atomic E-state index is 13.0. The first-order valence-corrected chi connectivity index (χ1v) is 11.8. The first-order chi connectivity index (χ1) is 14.6. The van der Waals surface area contributed by atoms with Crippen LogP contribution >= 0.6 is 0 Å². The third kappa shape index (κ3) is 7.88. The molecule has 0 aliphatic carbocycles. The minimum absolute atomic E-state index is 0.0890. The molecule has 0 radical (unpaired) electrons. The highest BCUT2D eigenvalue weighted by molar-refractivity contribution is 7.89. The van der Waals surface area contributed by atoms with Gasteiger partial charge in [-0.25, -0.2) is 13.1 Å². The third-order valence-electron chi connectivity index (χ3n) is 4.73. The number of ether oxygens (including phenoxy) is 4. The van der Waals surface area contributed by atoms with E-state index in [2.05, 4.69) is 4.72 Å². The topological polar surface area (TPSA) is 117 Å². The van der Waals surface area contributed by atoms with Crippen molar-refractivity contribution in [2.24, 2.45) is 0 Å². The van der Waals surface area contributed by atoms with Gasteiger partial charge in [-0.1, -0.05) is 31.0 Å². The molecule has 0 spiro atoms. The van der Waals surface area contributed by atoms with Crippen molar-refractivity contribution in [2.75, 3.05) is 13.2 Å². The molecule has 0 unspecified atom stereocenters. The molecule has 10 heteroatoms. The Bertz CT molecular complexity index is 839. The molecule has 0 bridgehead atoms. The standard InChI is InChI=1S/C21H31NO8S/c1-5-6-11-27-20-12-18(22-31(25,26)17-9-7-14(2)8-10-17)21(29-16(4)24)19(30-20)13-28-15(3)23/h7-10,18-22H,5-6,11-13H2,1-4H3/t18-,19+,20-,21-/m0/s1. The largest absolute Gasteiger partial charge is 0.463 e. The Balaban J connectivity index is 2.28. The van der Waals surface area contributed by atoms with Crippen molar-refractivity contribution in [1.82, 2.24) is 4.72 Å². The van der Waals surface area contributed by atoms with Crippen LogP contribution in [0.25, 0.3) is 0 Å². The van der Waals surface area contributed by atoms with Gasteiger partial charge in [-0.15, -0.1) is 0 Å². The Morgan fingerprint density at radius 3 is 2.42 bits per heavy atom. The third-order valence-corrected chi connectivity index (χ3v) is 6.23. The maximum absolute atomic E-state index is 13.0. The summed E-state index contributed by atoms with van der Waals surface area (Å²) in [5, 5.41) is 0. The van der Waals surface area contributed by atoms with Crippen LogP contribution in [0.3, 0.4) is 0 Å². The molecule has 9 nitrogen and oxygen atoms in total. The van der Waals surface area contributed by atoms with Gasteiger partial charge in [0, 0.05) is 26.9 Å². The van der Waals surface area contributed by atoms with Crippen LogP contribution in [-0.4, -0.2) is 58.1 Å². The average molecular weight is 458 g/mol. The lowest BCUT2D eigenvalue weighted by Gasteiger charge is -2.40. The fraction of sp³-hybridized carbons (Fsp3) is 0.619. The second-order valence-electron chi connectivity index (χ2n) is 7.48. The van der Waals surface area contributed by atoms with E-state index in [0.29, 0.717) is 6.61 Å². The number of benzene rings is 1. The van der Waals surface area contributed by atoms with E-state index in [1.54, 1.807) is 12.1 Å². The number of esters is 2. The van der Waals surface area contributed by atoms with E-state index in [0.717, 1.165) is 18.4 Å². The Labute approximate surface area is 183 Å². The second-order valence-corrected chi connectivity index (χ2v) is 9.20. The molecule has 1 N–H and O–H groups in total. The van der Waals surface area contributed by atoms with Crippen LogP contribution in [0.4, 0.5) is 0 Å². The molecule has 0 aromatic heterocycles. The zero-order valence-electron chi connectivity index (χ0n) is 18.3. The summed E-state index contributed by atoms with van der Waals surface area (Å²) in [5.74, 6) is -1.14. The van der Waals surface area contributed by atoms with Gasteiger partial charge in [0.05, 0.1) is 10.9 Å². The molecule has 4 atom stereocenters. The number of aryl methyl sites for hydroxylation is 1. The fourth-order valence-corrected chi connectivity index (χ4v) is 4.44. The lowest BCUT2D eigenvalue weighted by Crippen LogP contribution is -2.58. The van der Waals surface area contributed by atoms with Crippen LogP contribution in [-0.2, 0) is 38.6 Å². The quantitative estimate of drug-likeness (QED) is 0.419. The lowest BCUT2D eigenvalue weighted by atomic mass is 9.99. The summed E-state index contributed by atoms with van der Waals surface area (Å²) in [7, 11) is -3.91. The summed E-state index contributed by atoms with van der Waals surface area (Å²) < 4.78 is 50.6. The SMILES string of the molecule is CCCCO[C@@H]1C[C@H](NS(=O)(=O)c2ccc(C)cc2)[C@H](OC(C)=O)[C@@H](COC(C)=O)O1. The monoisotopic (exact) mass is 457 g/mol. The summed E-state index contributed by atoms with van der Waals surface area (Å²) >= 11 is 0. The van der Waals surface area contributed by atoms with Crippen molar-refractivity contribution >= 4 is 22.0 Å². The predicted molar refractivity (Wildman–Crippen MR) is 112 cm³/mol. The molecule has 1 heterocycles. The van der Waals surface area contributed by atoms with Crippen LogP contribution in [0.5, 0.6) is 0 Å². The number of hydrogen-bond donors (Lipinski definition) is 1. The molecule has 1 fully saturated rings. The van der Waals surface area contributed by atoms with Crippen molar-refractivity contribution in [2.45, 2.75) is 76.4 Å². The van der Waals surface area contributed by atoms with Gasteiger partial charge >= 0.3 is 11.9 Å². The van der Waals surface area contributed by atoms with Crippen molar-refractivity contribution in [1.29, 1.82) is 0 Å². The van der Waals surface area contributed by atoms with E-state index < -0.39 is 46.5 Å². The van der Waals surface area contributed by atoms with Crippen LogP contribution in [0, 0.1) is 6.92 Å². The summed E-state index contributed by atoms with van der Waals surface area (Å²) in [6.07, 6.45) is -0.778. The second kappa shape index (κ2) is 11.6. The number of hydrogen-bond acceptors (Lipinski definition) is 8. The Hall–Kier alpha value is -2.01. The van der Waals surface area contributed by atoms with Crippen LogP contribution < -0.4 is 4.72 Å². The molecule has 0 amide bonds. The molecule has 1 aliphatic rings. The van der Waals surface area contributed by atoms with Crippen LogP contribution in [0.15, 0.2) is 29.2 Å². The van der Waals surface area contributed by atoms with Crippen molar-refractivity contribution < 1.29 is 37.0 Å². The molecule has 1 aliphatic heterocycles. The molecule has 2 rings (SSSR count). The molecule has 31 heavy (non-hydrogen) atoms. The number of unbranched alkanes of at least 4 members (excludes halogenated alkanes) is 1.